The zero-order chi connectivity index (χ0) is 21.7. The Bertz CT molecular complexity index is 974. The monoisotopic (exact) mass is 432 g/mol. The molecule has 1 fully saturated rings. The normalized spacial score (nSPS) is 15.3. The molecule has 1 aliphatic rings. The number of nitrogens with zero attached hydrogens (tertiary/aromatic N) is 1. The molecule has 30 heavy (non-hydrogen) atoms. The van der Waals surface area contributed by atoms with E-state index in [4.69, 9.17) is 4.74 Å². The standard InChI is InChI=1S/C23H32N2O4S/c1-17-18(2)25(15-10-16-29-3)22(24-23(26)19-11-6-4-7-12-19)21(17)30(27,28)20-13-8-5-9-14-20/h5,8-9,13-14,19H,4,6-7,10-12,15-16H2,1-3H3,(H,24,26). The minimum Gasteiger partial charge on any atom is -0.385 e. The van der Waals surface area contributed by atoms with E-state index >= 15 is 0 Å². The van der Waals surface area contributed by atoms with Gasteiger partial charge in [-0.3, -0.25) is 4.79 Å². The van der Waals surface area contributed by atoms with Crippen LogP contribution in [0.25, 0.3) is 0 Å². The Balaban J connectivity index is 2.06. The summed E-state index contributed by atoms with van der Waals surface area (Å²) in [6.07, 6.45) is 5.68. The fraction of sp³-hybridized carbons (Fsp3) is 0.522. The lowest BCUT2D eigenvalue weighted by Gasteiger charge is -2.22. The first-order valence-electron chi connectivity index (χ1n) is 10.7. The molecule has 0 spiro atoms. The van der Waals surface area contributed by atoms with Crippen molar-refractivity contribution in [2.24, 2.45) is 5.92 Å². The van der Waals surface area contributed by atoms with E-state index in [-0.39, 0.29) is 21.6 Å². The second kappa shape index (κ2) is 9.79. The summed E-state index contributed by atoms with van der Waals surface area (Å²) >= 11 is 0. The van der Waals surface area contributed by atoms with Gasteiger partial charge < -0.3 is 14.6 Å². The maximum absolute atomic E-state index is 13.5. The van der Waals surface area contributed by atoms with E-state index < -0.39 is 9.84 Å². The van der Waals surface area contributed by atoms with Crippen LogP contribution in [0, 0.1) is 19.8 Å². The zero-order valence-corrected chi connectivity index (χ0v) is 18.9. The van der Waals surface area contributed by atoms with E-state index in [1.54, 1.807) is 37.4 Å². The molecule has 1 saturated carbocycles. The van der Waals surface area contributed by atoms with Crippen molar-refractivity contribution in [3.63, 3.8) is 0 Å². The Hall–Kier alpha value is -2.12. The number of ether oxygens (including phenoxy) is 1. The van der Waals surface area contributed by atoms with E-state index in [0.717, 1.165) is 44.2 Å². The van der Waals surface area contributed by atoms with Crippen LogP contribution in [-0.4, -0.2) is 32.6 Å². The smallest absolute Gasteiger partial charge is 0.228 e. The Morgan fingerprint density at radius 2 is 1.80 bits per heavy atom. The van der Waals surface area contributed by atoms with Gasteiger partial charge >= 0.3 is 0 Å². The summed E-state index contributed by atoms with van der Waals surface area (Å²) in [5.41, 5.74) is 1.52. The number of carbonyl (C=O) groups excluding carboxylic acids is 1. The van der Waals surface area contributed by atoms with Crippen molar-refractivity contribution in [3.05, 3.63) is 41.6 Å². The minimum atomic E-state index is -3.78. The lowest BCUT2D eigenvalue weighted by Crippen LogP contribution is -2.27. The molecule has 1 aromatic carbocycles. The summed E-state index contributed by atoms with van der Waals surface area (Å²) in [5.74, 6) is 0.249. The first kappa shape index (κ1) is 22.6. The summed E-state index contributed by atoms with van der Waals surface area (Å²) in [7, 11) is -2.13. The molecule has 0 bridgehead atoms. The molecule has 0 saturated heterocycles. The van der Waals surface area contributed by atoms with Crippen LogP contribution < -0.4 is 5.32 Å². The van der Waals surface area contributed by atoms with Crippen LogP contribution in [0.15, 0.2) is 40.1 Å². The molecule has 164 valence electrons. The van der Waals surface area contributed by atoms with Gasteiger partial charge in [-0.1, -0.05) is 37.5 Å². The van der Waals surface area contributed by atoms with E-state index in [1.807, 2.05) is 18.4 Å². The average molecular weight is 433 g/mol. The van der Waals surface area contributed by atoms with Crippen molar-refractivity contribution in [2.75, 3.05) is 19.0 Å². The molecule has 3 rings (SSSR count). The summed E-state index contributed by atoms with van der Waals surface area (Å²) in [6, 6.07) is 8.41. The molecule has 7 heteroatoms. The third-order valence-electron chi connectivity index (χ3n) is 6.04. The third kappa shape index (κ3) is 4.62. The fourth-order valence-electron chi connectivity index (χ4n) is 4.24. The van der Waals surface area contributed by atoms with E-state index in [2.05, 4.69) is 5.32 Å². The van der Waals surface area contributed by atoms with Gasteiger partial charge in [0, 0.05) is 31.9 Å². The number of sulfone groups is 1. The number of anilines is 1. The van der Waals surface area contributed by atoms with Crippen LogP contribution in [0.2, 0.25) is 0 Å². The molecule has 6 nitrogen and oxygen atoms in total. The van der Waals surface area contributed by atoms with Gasteiger partial charge in [-0.05, 0) is 50.8 Å². The number of hydrogen-bond acceptors (Lipinski definition) is 4. The van der Waals surface area contributed by atoms with Gasteiger partial charge in [0.1, 0.15) is 10.7 Å². The van der Waals surface area contributed by atoms with Crippen LogP contribution in [0.4, 0.5) is 5.82 Å². The maximum atomic E-state index is 13.5. The predicted molar refractivity (Wildman–Crippen MR) is 117 cm³/mol. The Morgan fingerprint density at radius 1 is 1.13 bits per heavy atom. The van der Waals surface area contributed by atoms with E-state index in [0.29, 0.717) is 24.5 Å². The SMILES string of the molecule is COCCCn1c(C)c(C)c(S(=O)(=O)c2ccccc2)c1NC(=O)C1CCCCC1. The quantitative estimate of drug-likeness (QED) is 0.624. The first-order valence-corrected chi connectivity index (χ1v) is 12.2. The van der Waals surface area contributed by atoms with Crippen molar-refractivity contribution in [1.29, 1.82) is 0 Å². The van der Waals surface area contributed by atoms with Gasteiger partial charge in [0.05, 0.1) is 4.90 Å². The highest BCUT2D eigenvalue weighted by Gasteiger charge is 2.32. The van der Waals surface area contributed by atoms with Crippen LogP contribution in [0.1, 0.15) is 49.8 Å². The number of hydrogen-bond donors (Lipinski definition) is 1. The highest BCUT2D eigenvalue weighted by molar-refractivity contribution is 7.91. The molecule has 1 aliphatic carbocycles. The molecule has 1 N–H and O–H groups in total. The maximum Gasteiger partial charge on any atom is 0.228 e. The largest absolute Gasteiger partial charge is 0.385 e. The highest BCUT2D eigenvalue weighted by Crippen LogP contribution is 2.36. The second-order valence-corrected chi connectivity index (χ2v) is 9.91. The summed E-state index contributed by atoms with van der Waals surface area (Å²) in [6.45, 7) is 4.86. The molecular weight excluding hydrogens is 400 g/mol. The van der Waals surface area contributed by atoms with Crippen molar-refractivity contribution in [3.8, 4) is 0 Å². The third-order valence-corrected chi connectivity index (χ3v) is 7.97. The minimum absolute atomic E-state index is 0.0611. The van der Waals surface area contributed by atoms with Crippen LogP contribution in [0.5, 0.6) is 0 Å². The van der Waals surface area contributed by atoms with Crippen LogP contribution >= 0.6 is 0 Å². The van der Waals surface area contributed by atoms with E-state index in [9.17, 15) is 13.2 Å². The van der Waals surface area contributed by atoms with Gasteiger partial charge in [0.15, 0.2) is 0 Å². The average Bonchev–Trinajstić information content (AvgIpc) is 3.00. The molecule has 0 unspecified atom stereocenters. The summed E-state index contributed by atoms with van der Waals surface area (Å²) < 4.78 is 34.2. The van der Waals surface area contributed by atoms with Crippen LogP contribution in [0.3, 0.4) is 0 Å². The number of carbonyl (C=O) groups is 1. The molecule has 1 heterocycles. The summed E-state index contributed by atoms with van der Waals surface area (Å²) in [5, 5.41) is 3.02. The Kier molecular flexibility index (Phi) is 7.36. The van der Waals surface area contributed by atoms with Gasteiger partial charge in [-0.15, -0.1) is 0 Å². The first-order chi connectivity index (χ1) is 14.4. The zero-order valence-electron chi connectivity index (χ0n) is 18.1. The van der Waals surface area contributed by atoms with Crippen molar-refractivity contribution < 1.29 is 17.9 Å². The Labute approximate surface area is 179 Å². The number of amides is 1. The Morgan fingerprint density at radius 3 is 2.43 bits per heavy atom. The topological polar surface area (TPSA) is 77.4 Å². The number of benzene rings is 1. The van der Waals surface area contributed by atoms with Gasteiger partial charge in [-0.2, -0.15) is 0 Å². The highest BCUT2D eigenvalue weighted by atomic mass is 32.2. The molecule has 1 aromatic heterocycles. The predicted octanol–water partition coefficient (Wildman–Crippen LogP) is 4.49. The number of nitrogens with one attached hydrogen (secondary N) is 1. The molecular formula is C23H32N2O4S. The van der Waals surface area contributed by atoms with Crippen molar-refractivity contribution in [1.82, 2.24) is 4.57 Å². The summed E-state index contributed by atoms with van der Waals surface area (Å²) in [4.78, 5) is 13.5. The molecule has 0 radical (unpaired) electrons. The van der Waals surface area contributed by atoms with Gasteiger partial charge in [0.2, 0.25) is 15.7 Å². The van der Waals surface area contributed by atoms with Gasteiger partial charge in [-0.25, -0.2) is 8.42 Å². The van der Waals surface area contributed by atoms with Crippen molar-refractivity contribution in [2.45, 2.75) is 68.7 Å². The van der Waals surface area contributed by atoms with Gasteiger partial charge in [0.25, 0.3) is 0 Å². The second-order valence-electron chi connectivity index (χ2n) is 8.03. The number of methoxy groups -OCH3 is 1. The number of aromatic nitrogens is 1. The molecule has 1 amide bonds. The molecule has 0 atom stereocenters. The molecule has 2 aromatic rings. The lowest BCUT2D eigenvalue weighted by atomic mass is 9.89. The fourth-order valence-corrected chi connectivity index (χ4v) is 5.95. The number of rotatable bonds is 8. The molecule has 0 aliphatic heterocycles. The van der Waals surface area contributed by atoms with Crippen LogP contribution in [-0.2, 0) is 25.9 Å². The van der Waals surface area contributed by atoms with E-state index in [1.165, 1.54) is 0 Å². The lowest BCUT2D eigenvalue weighted by molar-refractivity contribution is -0.120. The van der Waals surface area contributed by atoms with Crippen molar-refractivity contribution >= 4 is 21.6 Å².